The molecule has 0 amide bonds. The monoisotopic (exact) mass is 257 g/mol. The molecule has 0 spiro atoms. The molecule has 0 saturated heterocycles. The van der Waals surface area contributed by atoms with E-state index in [0.717, 1.165) is 5.52 Å². The molecule has 1 fully saturated rings. The van der Waals surface area contributed by atoms with Crippen LogP contribution in [0.1, 0.15) is 45.1 Å². The molecule has 3 heteroatoms. The summed E-state index contributed by atoms with van der Waals surface area (Å²) in [5.41, 5.74) is 1.83. The summed E-state index contributed by atoms with van der Waals surface area (Å²) < 4.78 is 7.03. The lowest BCUT2D eigenvalue weighted by atomic mass is 10.1. The van der Waals surface area contributed by atoms with Gasteiger partial charge in [0.15, 0.2) is 0 Å². The van der Waals surface area contributed by atoms with Gasteiger partial charge in [-0.15, -0.1) is 0 Å². The quantitative estimate of drug-likeness (QED) is 0.762. The van der Waals surface area contributed by atoms with Gasteiger partial charge in [-0.3, -0.25) is 4.57 Å². The Kier molecular flexibility index (Phi) is 2.66. The number of ether oxygens (including phenoxy) is 1. The summed E-state index contributed by atoms with van der Waals surface area (Å²) in [7, 11) is 0. The summed E-state index contributed by atoms with van der Waals surface area (Å²) in [6.45, 7) is 5.64. The van der Waals surface area contributed by atoms with Gasteiger partial charge in [-0.1, -0.05) is 12.1 Å². The van der Waals surface area contributed by atoms with Gasteiger partial charge in [0.2, 0.25) is 0 Å². The minimum absolute atomic E-state index is 0.310. The number of aromatic nitrogens is 1. The van der Waals surface area contributed by atoms with E-state index in [1.54, 1.807) is 4.57 Å². The summed E-state index contributed by atoms with van der Waals surface area (Å²) in [6.07, 6.45) is 4.02. The average molecular weight is 257 g/mol. The Morgan fingerprint density at radius 2 is 2.00 bits per heavy atom. The van der Waals surface area contributed by atoms with Crippen molar-refractivity contribution in [3.8, 4) is 0 Å². The van der Waals surface area contributed by atoms with Crippen LogP contribution in [-0.2, 0) is 4.74 Å². The van der Waals surface area contributed by atoms with Crippen LogP contribution in [0.15, 0.2) is 30.5 Å². The molecular formula is C16H19NO2. The summed E-state index contributed by atoms with van der Waals surface area (Å²) >= 11 is 0. The van der Waals surface area contributed by atoms with E-state index >= 15 is 0 Å². The molecule has 19 heavy (non-hydrogen) atoms. The number of nitrogens with zero attached hydrogens (tertiary/aromatic N) is 1. The molecule has 2 aromatic rings. The van der Waals surface area contributed by atoms with Gasteiger partial charge in [0.05, 0.1) is 5.52 Å². The normalized spacial score (nSPS) is 15.7. The highest BCUT2D eigenvalue weighted by Crippen LogP contribution is 2.43. The third-order valence-corrected chi connectivity index (χ3v) is 3.37. The molecule has 1 aliphatic carbocycles. The van der Waals surface area contributed by atoms with Crippen LogP contribution in [0, 0.1) is 0 Å². The van der Waals surface area contributed by atoms with Crippen molar-refractivity contribution in [3.63, 3.8) is 0 Å². The standard InChI is InChI=1S/C16H19NO2/c1-16(2,3)19-15(18)17-10-9-13-12(11-7-8-11)5-4-6-14(13)17/h4-6,9-11H,7-8H2,1-3H3. The molecule has 3 rings (SSSR count). The van der Waals surface area contributed by atoms with E-state index in [0.29, 0.717) is 5.92 Å². The fourth-order valence-electron chi connectivity index (χ4n) is 2.41. The van der Waals surface area contributed by atoms with Crippen LogP contribution < -0.4 is 0 Å². The van der Waals surface area contributed by atoms with E-state index in [1.807, 2.05) is 45.2 Å². The van der Waals surface area contributed by atoms with Crippen molar-refractivity contribution in [3.05, 3.63) is 36.0 Å². The Balaban J connectivity index is 2.01. The van der Waals surface area contributed by atoms with Gasteiger partial charge >= 0.3 is 6.09 Å². The van der Waals surface area contributed by atoms with Gasteiger partial charge in [-0.05, 0) is 57.2 Å². The third-order valence-electron chi connectivity index (χ3n) is 3.37. The number of rotatable bonds is 1. The van der Waals surface area contributed by atoms with Crippen molar-refractivity contribution in [1.82, 2.24) is 4.57 Å². The largest absolute Gasteiger partial charge is 0.443 e. The van der Waals surface area contributed by atoms with Crippen molar-refractivity contribution in [1.29, 1.82) is 0 Å². The average Bonchev–Trinajstić information content (AvgIpc) is 3.05. The molecule has 3 nitrogen and oxygen atoms in total. The predicted molar refractivity (Wildman–Crippen MR) is 75.5 cm³/mol. The number of hydrogen-bond acceptors (Lipinski definition) is 2. The van der Waals surface area contributed by atoms with Crippen LogP contribution in [0.4, 0.5) is 4.79 Å². The van der Waals surface area contributed by atoms with Crippen molar-refractivity contribution in [2.45, 2.75) is 45.1 Å². The second kappa shape index (κ2) is 4.12. The number of hydrogen-bond donors (Lipinski definition) is 0. The van der Waals surface area contributed by atoms with Crippen LogP contribution in [-0.4, -0.2) is 16.3 Å². The van der Waals surface area contributed by atoms with Crippen molar-refractivity contribution >= 4 is 17.0 Å². The fourth-order valence-corrected chi connectivity index (χ4v) is 2.41. The Labute approximate surface area is 113 Å². The first kappa shape index (κ1) is 12.3. The lowest BCUT2D eigenvalue weighted by molar-refractivity contribution is 0.0544. The van der Waals surface area contributed by atoms with E-state index in [1.165, 1.54) is 23.8 Å². The Hall–Kier alpha value is -1.77. The van der Waals surface area contributed by atoms with Crippen LogP contribution in [0.3, 0.4) is 0 Å². The Morgan fingerprint density at radius 3 is 2.63 bits per heavy atom. The molecule has 0 N–H and O–H groups in total. The molecule has 0 radical (unpaired) electrons. The number of carbonyl (C=O) groups is 1. The van der Waals surface area contributed by atoms with E-state index in [-0.39, 0.29) is 6.09 Å². The third kappa shape index (κ3) is 2.37. The number of carbonyl (C=O) groups excluding carboxylic acids is 1. The molecule has 0 aliphatic heterocycles. The Bertz CT molecular complexity index is 630. The summed E-state index contributed by atoms with van der Waals surface area (Å²) in [5, 5.41) is 1.18. The molecule has 1 saturated carbocycles. The molecule has 0 bridgehead atoms. The van der Waals surface area contributed by atoms with Gasteiger partial charge in [-0.2, -0.15) is 0 Å². The summed E-state index contributed by atoms with van der Waals surface area (Å²) in [4.78, 5) is 12.2. The van der Waals surface area contributed by atoms with E-state index in [2.05, 4.69) is 6.07 Å². The topological polar surface area (TPSA) is 31.2 Å². The maximum atomic E-state index is 12.2. The predicted octanol–water partition coefficient (Wildman–Crippen LogP) is 4.30. The Morgan fingerprint density at radius 1 is 1.26 bits per heavy atom. The van der Waals surface area contributed by atoms with Gasteiger partial charge in [-0.25, -0.2) is 4.79 Å². The van der Waals surface area contributed by atoms with Crippen LogP contribution in [0.25, 0.3) is 10.9 Å². The molecule has 0 unspecified atom stereocenters. The lowest BCUT2D eigenvalue weighted by Gasteiger charge is -2.19. The maximum absolute atomic E-state index is 12.2. The first-order chi connectivity index (χ1) is 8.96. The van der Waals surface area contributed by atoms with Gasteiger partial charge in [0.25, 0.3) is 0 Å². The van der Waals surface area contributed by atoms with Crippen LogP contribution >= 0.6 is 0 Å². The number of fused-ring (bicyclic) bond motifs is 1. The van der Waals surface area contributed by atoms with E-state index in [4.69, 9.17) is 4.74 Å². The first-order valence-corrected chi connectivity index (χ1v) is 6.79. The van der Waals surface area contributed by atoms with Crippen molar-refractivity contribution in [2.75, 3.05) is 0 Å². The van der Waals surface area contributed by atoms with Crippen LogP contribution in [0.5, 0.6) is 0 Å². The van der Waals surface area contributed by atoms with E-state index < -0.39 is 5.60 Å². The van der Waals surface area contributed by atoms with E-state index in [9.17, 15) is 4.79 Å². The first-order valence-electron chi connectivity index (χ1n) is 6.79. The zero-order valence-corrected chi connectivity index (χ0v) is 11.6. The second-order valence-electron chi connectivity index (χ2n) is 6.22. The highest BCUT2D eigenvalue weighted by Gasteiger charge is 2.26. The molecule has 0 atom stereocenters. The summed E-state index contributed by atoms with van der Waals surface area (Å²) in [6, 6.07) is 8.19. The van der Waals surface area contributed by atoms with Gasteiger partial charge < -0.3 is 4.74 Å². The molecule has 1 aromatic carbocycles. The SMILES string of the molecule is CC(C)(C)OC(=O)n1ccc2c(C3CC3)cccc21. The second-order valence-corrected chi connectivity index (χ2v) is 6.22. The minimum Gasteiger partial charge on any atom is -0.443 e. The van der Waals surface area contributed by atoms with Crippen molar-refractivity contribution in [2.24, 2.45) is 0 Å². The lowest BCUT2D eigenvalue weighted by Crippen LogP contribution is -2.26. The van der Waals surface area contributed by atoms with Gasteiger partial charge in [0.1, 0.15) is 5.60 Å². The van der Waals surface area contributed by atoms with Crippen LogP contribution in [0.2, 0.25) is 0 Å². The fraction of sp³-hybridized carbons (Fsp3) is 0.438. The number of benzene rings is 1. The molecule has 1 aliphatic rings. The molecule has 1 heterocycles. The summed E-state index contributed by atoms with van der Waals surface area (Å²) in [5.74, 6) is 0.679. The molecule has 100 valence electrons. The highest BCUT2D eigenvalue weighted by atomic mass is 16.6. The smallest absolute Gasteiger partial charge is 0.418 e. The zero-order chi connectivity index (χ0) is 13.6. The van der Waals surface area contributed by atoms with Gasteiger partial charge in [0, 0.05) is 11.6 Å². The maximum Gasteiger partial charge on any atom is 0.418 e. The highest BCUT2D eigenvalue weighted by molar-refractivity contribution is 5.92. The van der Waals surface area contributed by atoms with Crippen molar-refractivity contribution < 1.29 is 9.53 Å². The minimum atomic E-state index is -0.470. The molecular weight excluding hydrogens is 238 g/mol. The molecule has 1 aromatic heterocycles. The zero-order valence-electron chi connectivity index (χ0n) is 11.6.